The molecule has 0 radical (unpaired) electrons. The Labute approximate surface area is 82.7 Å². The Hall–Kier alpha value is 0.400. The van der Waals surface area contributed by atoms with Gasteiger partial charge in [0.25, 0.3) is 0 Å². The predicted molar refractivity (Wildman–Crippen MR) is 54.4 cm³/mol. The van der Waals surface area contributed by atoms with Gasteiger partial charge in [0.1, 0.15) is 0 Å². The molecule has 1 saturated carbocycles. The minimum atomic E-state index is -0.0897. The zero-order valence-corrected chi connectivity index (χ0v) is 8.96. The standard InChI is InChI=1S/C9H18BrNO/c10-9(8(11)6-12)7-4-2-1-3-5-7/h7-9,12H,1-6,11H2/t8-,9+/m1/s1. The molecular formula is C9H18BrNO. The van der Waals surface area contributed by atoms with E-state index in [0.717, 1.165) is 0 Å². The quantitative estimate of drug-likeness (QED) is 0.732. The van der Waals surface area contributed by atoms with Crippen LogP contribution >= 0.6 is 15.9 Å². The van der Waals surface area contributed by atoms with Crippen molar-refractivity contribution in [3.8, 4) is 0 Å². The van der Waals surface area contributed by atoms with Crippen molar-refractivity contribution >= 4 is 15.9 Å². The van der Waals surface area contributed by atoms with Crippen LogP contribution in [0, 0.1) is 5.92 Å². The summed E-state index contributed by atoms with van der Waals surface area (Å²) in [5, 5.41) is 8.88. The molecule has 1 aliphatic carbocycles. The second-order valence-corrected chi connectivity index (χ2v) is 4.75. The highest BCUT2D eigenvalue weighted by Gasteiger charge is 2.25. The molecule has 2 nitrogen and oxygen atoms in total. The van der Waals surface area contributed by atoms with Crippen molar-refractivity contribution < 1.29 is 5.11 Å². The van der Waals surface area contributed by atoms with Crippen LogP contribution in [0.25, 0.3) is 0 Å². The summed E-state index contributed by atoms with van der Waals surface area (Å²) in [6.45, 7) is 0.0897. The average molecular weight is 236 g/mol. The fourth-order valence-corrected chi connectivity index (χ4v) is 2.60. The lowest BCUT2D eigenvalue weighted by atomic mass is 9.85. The van der Waals surface area contributed by atoms with E-state index in [-0.39, 0.29) is 12.6 Å². The summed E-state index contributed by atoms with van der Waals surface area (Å²) in [6, 6.07) is -0.0897. The molecule has 2 atom stereocenters. The first-order valence-corrected chi connectivity index (χ1v) is 5.67. The van der Waals surface area contributed by atoms with Gasteiger partial charge in [0, 0.05) is 10.9 Å². The van der Waals surface area contributed by atoms with Crippen LogP contribution in [0.4, 0.5) is 0 Å². The highest BCUT2D eigenvalue weighted by atomic mass is 79.9. The van der Waals surface area contributed by atoms with Gasteiger partial charge in [-0.15, -0.1) is 0 Å². The maximum Gasteiger partial charge on any atom is 0.0593 e. The van der Waals surface area contributed by atoms with Crippen LogP contribution in [-0.4, -0.2) is 22.6 Å². The molecule has 0 heterocycles. The zero-order valence-electron chi connectivity index (χ0n) is 7.38. The van der Waals surface area contributed by atoms with E-state index in [4.69, 9.17) is 10.8 Å². The molecule has 1 aliphatic rings. The van der Waals surface area contributed by atoms with E-state index in [1.165, 1.54) is 32.1 Å². The van der Waals surface area contributed by atoms with E-state index in [9.17, 15) is 0 Å². The van der Waals surface area contributed by atoms with Crippen molar-refractivity contribution in [3.63, 3.8) is 0 Å². The SMILES string of the molecule is N[C@H](CO)[C@@H](Br)C1CCCCC1. The van der Waals surface area contributed by atoms with Gasteiger partial charge in [0.2, 0.25) is 0 Å². The third-order valence-electron chi connectivity index (χ3n) is 2.72. The fourth-order valence-electron chi connectivity index (χ4n) is 1.90. The lowest BCUT2D eigenvalue weighted by Gasteiger charge is -2.29. The summed E-state index contributed by atoms with van der Waals surface area (Å²) in [5.41, 5.74) is 5.75. The normalized spacial score (nSPS) is 25.2. The molecule has 0 aromatic heterocycles. The Bertz CT molecular complexity index is 126. The molecule has 0 bridgehead atoms. The number of aliphatic hydroxyl groups excluding tert-OH is 1. The molecule has 3 N–H and O–H groups in total. The Balaban J connectivity index is 2.33. The molecule has 0 unspecified atom stereocenters. The van der Waals surface area contributed by atoms with Gasteiger partial charge in [-0.1, -0.05) is 35.2 Å². The van der Waals surface area contributed by atoms with E-state index in [2.05, 4.69) is 15.9 Å². The molecule has 0 saturated heterocycles. The minimum absolute atomic E-state index is 0.0897. The fraction of sp³-hybridized carbons (Fsp3) is 1.00. The van der Waals surface area contributed by atoms with E-state index in [0.29, 0.717) is 10.7 Å². The van der Waals surface area contributed by atoms with E-state index < -0.39 is 0 Å². The first-order valence-electron chi connectivity index (χ1n) is 4.76. The maximum atomic E-state index is 8.88. The Morgan fingerprint density at radius 2 is 1.92 bits per heavy atom. The third kappa shape index (κ3) is 2.71. The second-order valence-electron chi connectivity index (χ2n) is 3.69. The van der Waals surface area contributed by atoms with Crippen LogP contribution in [0.2, 0.25) is 0 Å². The number of halogens is 1. The topological polar surface area (TPSA) is 46.2 Å². The van der Waals surface area contributed by atoms with Crippen molar-refractivity contribution in [1.82, 2.24) is 0 Å². The van der Waals surface area contributed by atoms with Crippen LogP contribution < -0.4 is 5.73 Å². The van der Waals surface area contributed by atoms with Gasteiger partial charge >= 0.3 is 0 Å². The van der Waals surface area contributed by atoms with Crippen LogP contribution in [-0.2, 0) is 0 Å². The van der Waals surface area contributed by atoms with Gasteiger partial charge in [-0.05, 0) is 18.8 Å². The number of rotatable bonds is 3. The summed E-state index contributed by atoms with van der Waals surface area (Å²) < 4.78 is 0. The highest BCUT2D eigenvalue weighted by molar-refractivity contribution is 9.09. The molecule has 0 spiro atoms. The van der Waals surface area contributed by atoms with E-state index in [1.807, 2.05) is 0 Å². The first kappa shape index (κ1) is 10.5. The molecule has 0 aromatic rings. The number of alkyl halides is 1. The average Bonchev–Trinajstić information content (AvgIpc) is 2.17. The van der Waals surface area contributed by atoms with Gasteiger partial charge in [-0.2, -0.15) is 0 Å². The summed E-state index contributed by atoms with van der Waals surface area (Å²) in [6.07, 6.45) is 6.55. The molecule has 1 rings (SSSR count). The van der Waals surface area contributed by atoms with Crippen molar-refractivity contribution in [2.75, 3.05) is 6.61 Å². The lowest BCUT2D eigenvalue weighted by Crippen LogP contribution is -2.39. The van der Waals surface area contributed by atoms with Crippen molar-refractivity contribution in [2.24, 2.45) is 11.7 Å². The zero-order chi connectivity index (χ0) is 8.97. The summed E-state index contributed by atoms with van der Waals surface area (Å²) in [5.74, 6) is 0.681. The van der Waals surface area contributed by atoms with Crippen molar-refractivity contribution in [2.45, 2.75) is 43.0 Å². The number of nitrogens with two attached hydrogens (primary N) is 1. The molecule has 0 amide bonds. The summed E-state index contributed by atoms with van der Waals surface area (Å²) in [7, 11) is 0. The molecule has 0 aromatic carbocycles. The van der Waals surface area contributed by atoms with Gasteiger partial charge in [0.15, 0.2) is 0 Å². The summed E-state index contributed by atoms with van der Waals surface area (Å²) in [4.78, 5) is 0.308. The predicted octanol–water partition coefficient (Wildman–Crippen LogP) is 1.65. The van der Waals surface area contributed by atoms with Gasteiger partial charge in [0.05, 0.1) is 6.61 Å². The third-order valence-corrected chi connectivity index (χ3v) is 4.15. The number of aliphatic hydroxyl groups is 1. The first-order chi connectivity index (χ1) is 5.75. The number of hydrogen-bond donors (Lipinski definition) is 2. The largest absolute Gasteiger partial charge is 0.395 e. The van der Waals surface area contributed by atoms with Crippen LogP contribution in [0.1, 0.15) is 32.1 Å². The molecule has 72 valence electrons. The lowest BCUT2D eigenvalue weighted by molar-refractivity contribution is 0.236. The van der Waals surface area contributed by atoms with Crippen molar-refractivity contribution in [1.29, 1.82) is 0 Å². The van der Waals surface area contributed by atoms with Gasteiger partial charge in [-0.25, -0.2) is 0 Å². The monoisotopic (exact) mass is 235 g/mol. The van der Waals surface area contributed by atoms with Crippen LogP contribution in [0.3, 0.4) is 0 Å². The number of hydrogen-bond acceptors (Lipinski definition) is 2. The molecule has 0 aliphatic heterocycles. The highest BCUT2D eigenvalue weighted by Crippen LogP contribution is 2.31. The minimum Gasteiger partial charge on any atom is -0.395 e. The molecule has 1 fully saturated rings. The Morgan fingerprint density at radius 3 is 2.42 bits per heavy atom. The van der Waals surface area contributed by atoms with Gasteiger partial charge in [-0.3, -0.25) is 0 Å². The summed E-state index contributed by atoms with van der Waals surface area (Å²) >= 11 is 3.58. The Kier molecular flexibility index (Phi) is 4.54. The van der Waals surface area contributed by atoms with E-state index >= 15 is 0 Å². The molecule has 3 heteroatoms. The maximum absolute atomic E-state index is 8.88. The van der Waals surface area contributed by atoms with Crippen molar-refractivity contribution in [3.05, 3.63) is 0 Å². The van der Waals surface area contributed by atoms with Crippen LogP contribution in [0.5, 0.6) is 0 Å². The second kappa shape index (κ2) is 5.20. The Morgan fingerprint density at radius 1 is 1.33 bits per heavy atom. The van der Waals surface area contributed by atoms with Gasteiger partial charge < -0.3 is 10.8 Å². The molecular weight excluding hydrogens is 218 g/mol. The molecule has 12 heavy (non-hydrogen) atoms. The smallest absolute Gasteiger partial charge is 0.0593 e. The van der Waals surface area contributed by atoms with E-state index in [1.54, 1.807) is 0 Å². The van der Waals surface area contributed by atoms with Crippen LogP contribution in [0.15, 0.2) is 0 Å².